The summed E-state index contributed by atoms with van der Waals surface area (Å²) in [5.41, 5.74) is 5.86. The Labute approximate surface area is 222 Å². The molecule has 2 fully saturated rings. The van der Waals surface area contributed by atoms with Gasteiger partial charge in [0.2, 0.25) is 0 Å². The first-order chi connectivity index (χ1) is 18.0. The third-order valence-corrected chi connectivity index (χ3v) is 7.45. The van der Waals surface area contributed by atoms with E-state index in [0.29, 0.717) is 24.6 Å². The fourth-order valence-corrected chi connectivity index (χ4v) is 5.50. The minimum atomic E-state index is 0.355. The van der Waals surface area contributed by atoms with Crippen molar-refractivity contribution >= 4 is 12.4 Å². The molecular weight excluding hydrogens is 460 g/mol. The molecule has 2 aromatic rings. The first-order valence-electron chi connectivity index (χ1n) is 14.1. The van der Waals surface area contributed by atoms with Crippen molar-refractivity contribution in [2.24, 2.45) is 9.98 Å². The summed E-state index contributed by atoms with van der Waals surface area (Å²) in [6, 6.07) is 8.18. The lowest BCUT2D eigenvalue weighted by molar-refractivity contribution is 0.218. The summed E-state index contributed by atoms with van der Waals surface area (Å²) in [5.74, 6) is 0.710. The number of nitrogens with zero attached hydrogens (tertiary/aromatic N) is 4. The Hall–Kier alpha value is -2.70. The van der Waals surface area contributed by atoms with Gasteiger partial charge in [-0.25, -0.2) is 0 Å². The second kappa shape index (κ2) is 13.7. The van der Waals surface area contributed by atoms with Crippen LogP contribution in [0.5, 0.6) is 11.5 Å². The van der Waals surface area contributed by atoms with Gasteiger partial charge < -0.3 is 10.2 Å². The molecule has 0 spiro atoms. The van der Waals surface area contributed by atoms with E-state index in [2.05, 4.69) is 45.8 Å². The number of phenols is 2. The fraction of sp³-hybridized carbons (Fsp3) is 0.548. The fourth-order valence-electron chi connectivity index (χ4n) is 5.50. The van der Waals surface area contributed by atoms with Crippen molar-refractivity contribution in [3.8, 4) is 11.5 Å². The van der Waals surface area contributed by atoms with Gasteiger partial charge in [0.05, 0.1) is 0 Å². The molecule has 0 amide bonds. The minimum Gasteiger partial charge on any atom is -0.507 e. The molecule has 4 rings (SSSR count). The van der Waals surface area contributed by atoms with Gasteiger partial charge in [0.1, 0.15) is 11.5 Å². The van der Waals surface area contributed by atoms with Crippen molar-refractivity contribution in [1.82, 2.24) is 9.80 Å². The molecule has 6 nitrogen and oxygen atoms in total. The van der Waals surface area contributed by atoms with Gasteiger partial charge in [-0.2, -0.15) is 0 Å². The lowest BCUT2D eigenvalue weighted by Crippen LogP contribution is -2.29. The van der Waals surface area contributed by atoms with E-state index in [1.54, 1.807) is 12.4 Å². The van der Waals surface area contributed by atoms with Crippen LogP contribution in [0.1, 0.15) is 78.3 Å². The molecule has 2 N–H and O–H groups in total. The molecule has 2 aliphatic heterocycles. The smallest absolute Gasteiger partial charge is 0.128 e. The van der Waals surface area contributed by atoms with Crippen molar-refractivity contribution in [1.29, 1.82) is 0 Å². The molecule has 2 aromatic carbocycles. The number of rotatable bonds is 10. The standard InChI is InChI=1S/C31H44N4O2/c1-24-16-26(30(36)28(18-24)22-34-12-5-3-6-13-34)20-32-10-9-11-33-21-27-17-25(2)19-29(31(27)37)23-35-14-7-4-8-15-35/h16-21,36-37H,3-15,22-23H2,1-2H3. The van der Waals surface area contributed by atoms with Gasteiger partial charge in [0.15, 0.2) is 0 Å². The van der Waals surface area contributed by atoms with Crippen molar-refractivity contribution in [2.45, 2.75) is 71.9 Å². The van der Waals surface area contributed by atoms with E-state index in [-0.39, 0.29) is 0 Å². The normalized spacial score (nSPS) is 17.8. The molecule has 0 saturated carbocycles. The summed E-state index contributed by atoms with van der Waals surface area (Å²) in [5, 5.41) is 21.6. The highest BCUT2D eigenvalue weighted by molar-refractivity contribution is 5.85. The summed E-state index contributed by atoms with van der Waals surface area (Å²) in [7, 11) is 0. The Balaban J connectivity index is 1.28. The highest BCUT2D eigenvalue weighted by Gasteiger charge is 2.16. The molecule has 2 heterocycles. The number of likely N-dealkylation sites (tertiary alicyclic amines) is 2. The molecule has 0 radical (unpaired) electrons. The molecule has 0 unspecified atom stereocenters. The number of hydrogen-bond donors (Lipinski definition) is 2. The maximum absolute atomic E-state index is 10.8. The zero-order valence-corrected chi connectivity index (χ0v) is 22.8. The Kier molecular flexibility index (Phi) is 10.1. The summed E-state index contributed by atoms with van der Waals surface area (Å²) < 4.78 is 0. The third kappa shape index (κ3) is 8.14. The summed E-state index contributed by atoms with van der Waals surface area (Å²) in [6.45, 7) is 11.5. The van der Waals surface area contributed by atoms with Gasteiger partial charge in [-0.05, 0) is 95.4 Å². The van der Waals surface area contributed by atoms with E-state index < -0.39 is 0 Å². The van der Waals surface area contributed by atoms with Gasteiger partial charge in [-0.1, -0.05) is 25.0 Å². The zero-order chi connectivity index (χ0) is 26.0. The van der Waals surface area contributed by atoms with E-state index in [4.69, 9.17) is 0 Å². The zero-order valence-electron chi connectivity index (χ0n) is 22.8. The van der Waals surface area contributed by atoms with Gasteiger partial charge in [0, 0.05) is 60.9 Å². The van der Waals surface area contributed by atoms with E-state index in [0.717, 1.165) is 79.1 Å². The lowest BCUT2D eigenvalue weighted by atomic mass is 10.0. The number of benzene rings is 2. The number of aliphatic imine (C=N–C) groups is 2. The van der Waals surface area contributed by atoms with Crippen molar-refractivity contribution in [3.63, 3.8) is 0 Å². The van der Waals surface area contributed by atoms with Crippen LogP contribution in [-0.2, 0) is 13.1 Å². The number of aromatic hydroxyl groups is 2. The Morgan fingerprint density at radius 2 is 1.05 bits per heavy atom. The average molecular weight is 505 g/mol. The Bertz CT molecular complexity index is 998. The van der Waals surface area contributed by atoms with Crippen LogP contribution in [0.2, 0.25) is 0 Å². The van der Waals surface area contributed by atoms with Crippen LogP contribution in [-0.4, -0.2) is 71.7 Å². The highest BCUT2D eigenvalue weighted by atomic mass is 16.3. The molecule has 0 aliphatic carbocycles. The molecule has 0 bridgehead atoms. The number of phenolic OH excluding ortho intramolecular Hbond substituents is 2. The quantitative estimate of drug-likeness (QED) is 0.326. The monoisotopic (exact) mass is 504 g/mol. The van der Waals surface area contributed by atoms with Gasteiger partial charge in [-0.3, -0.25) is 19.8 Å². The first-order valence-corrected chi connectivity index (χ1v) is 14.1. The van der Waals surface area contributed by atoms with Crippen molar-refractivity contribution in [3.05, 3.63) is 57.6 Å². The lowest BCUT2D eigenvalue weighted by Gasteiger charge is -2.27. The third-order valence-electron chi connectivity index (χ3n) is 7.45. The van der Waals surface area contributed by atoms with Crippen LogP contribution >= 0.6 is 0 Å². The number of aryl methyl sites for hydroxylation is 2. The highest BCUT2D eigenvalue weighted by Crippen LogP contribution is 2.27. The van der Waals surface area contributed by atoms with Crippen LogP contribution in [0.25, 0.3) is 0 Å². The SMILES string of the molecule is Cc1cc(C=NCCCN=Cc2cc(C)cc(CN3CCCCC3)c2O)c(O)c(CN2CCCCC2)c1. The molecule has 0 atom stereocenters. The second-order valence-electron chi connectivity index (χ2n) is 10.8. The molecule has 6 heteroatoms. The predicted octanol–water partition coefficient (Wildman–Crippen LogP) is 5.61. The summed E-state index contributed by atoms with van der Waals surface area (Å²) in [4.78, 5) is 14.0. The van der Waals surface area contributed by atoms with Crippen molar-refractivity contribution < 1.29 is 10.2 Å². The van der Waals surface area contributed by atoms with Crippen LogP contribution in [0, 0.1) is 13.8 Å². The van der Waals surface area contributed by atoms with Gasteiger partial charge >= 0.3 is 0 Å². The number of piperidine rings is 2. The molecular formula is C31H44N4O2. The topological polar surface area (TPSA) is 71.7 Å². The Morgan fingerprint density at radius 1 is 0.649 bits per heavy atom. The minimum absolute atomic E-state index is 0.355. The van der Waals surface area contributed by atoms with Crippen LogP contribution < -0.4 is 0 Å². The van der Waals surface area contributed by atoms with Gasteiger partial charge in [0.25, 0.3) is 0 Å². The van der Waals surface area contributed by atoms with Crippen LogP contribution in [0.4, 0.5) is 0 Å². The largest absolute Gasteiger partial charge is 0.507 e. The average Bonchev–Trinajstić information content (AvgIpc) is 2.89. The van der Waals surface area contributed by atoms with Crippen LogP contribution in [0.3, 0.4) is 0 Å². The maximum Gasteiger partial charge on any atom is 0.128 e. The predicted molar refractivity (Wildman–Crippen MR) is 153 cm³/mol. The summed E-state index contributed by atoms with van der Waals surface area (Å²) in [6.07, 6.45) is 12.0. The molecule has 0 aromatic heterocycles. The Morgan fingerprint density at radius 3 is 1.46 bits per heavy atom. The van der Waals surface area contributed by atoms with E-state index in [1.807, 2.05) is 12.1 Å². The van der Waals surface area contributed by atoms with Crippen molar-refractivity contribution in [2.75, 3.05) is 39.3 Å². The number of hydrogen-bond acceptors (Lipinski definition) is 6. The van der Waals surface area contributed by atoms with Gasteiger partial charge in [-0.15, -0.1) is 0 Å². The van der Waals surface area contributed by atoms with E-state index in [1.165, 1.54) is 38.5 Å². The first kappa shape index (κ1) is 27.3. The molecule has 2 saturated heterocycles. The van der Waals surface area contributed by atoms with Crippen LogP contribution in [0.15, 0.2) is 34.3 Å². The molecule has 37 heavy (non-hydrogen) atoms. The molecule has 2 aliphatic rings. The summed E-state index contributed by atoms with van der Waals surface area (Å²) >= 11 is 0. The van der Waals surface area contributed by atoms with E-state index >= 15 is 0 Å². The second-order valence-corrected chi connectivity index (χ2v) is 10.8. The maximum atomic E-state index is 10.8. The van der Waals surface area contributed by atoms with E-state index in [9.17, 15) is 10.2 Å². The molecule has 200 valence electrons.